The highest BCUT2D eigenvalue weighted by Gasteiger charge is 2.41. The summed E-state index contributed by atoms with van der Waals surface area (Å²) in [6.07, 6.45) is 8.38. The minimum atomic E-state index is 0.313. The van der Waals surface area contributed by atoms with Crippen LogP contribution in [0.5, 0.6) is 0 Å². The number of likely N-dealkylation sites (tertiary alicyclic amines) is 1. The molecule has 3 aliphatic rings. The number of fused-ring (bicyclic) bond motifs is 1. The standard InChI is InChI=1S/C16H28N2O/c1-11-5-7-12(8-6-11)16(19)18-9-13-3-2-4-15(17)14(13)10-18/h11-15H,2-10,17H2,1H3. The van der Waals surface area contributed by atoms with Crippen molar-refractivity contribution < 1.29 is 4.79 Å². The van der Waals surface area contributed by atoms with Crippen molar-refractivity contribution in [3.05, 3.63) is 0 Å². The third-order valence-electron chi connectivity index (χ3n) is 5.83. The molecule has 2 aliphatic carbocycles. The first kappa shape index (κ1) is 13.4. The second-order valence-corrected chi connectivity index (χ2v) is 7.22. The summed E-state index contributed by atoms with van der Waals surface area (Å²) >= 11 is 0. The molecule has 1 amide bonds. The molecule has 3 nitrogen and oxygen atoms in total. The van der Waals surface area contributed by atoms with E-state index in [0.717, 1.165) is 38.3 Å². The molecule has 0 aromatic carbocycles. The topological polar surface area (TPSA) is 46.3 Å². The molecule has 3 unspecified atom stereocenters. The van der Waals surface area contributed by atoms with Gasteiger partial charge in [-0.3, -0.25) is 4.79 Å². The molecule has 2 saturated carbocycles. The van der Waals surface area contributed by atoms with E-state index < -0.39 is 0 Å². The van der Waals surface area contributed by atoms with Gasteiger partial charge in [0.15, 0.2) is 0 Å². The van der Waals surface area contributed by atoms with Crippen molar-refractivity contribution in [2.45, 2.75) is 57.9 Å². The first-order valence-electron chi connectivity index (χ1n) is 8.19. The van der Waals surface area contributed by atoms with Gasteiger partial charge in [-0.05, 0) is 56.3 Å². The Morgan fingerprint density at radius 1 is 1.05 bits per heavy atom. The molecule has 0 aromatic rings. The van der Waals surface area contributed by atoms with Gasteiger partial charge in [0.25, 0.3) is 0 Å². The van der Waals surface area contributed by atoms with Crippen LogP contribution in [0.1, 0.15) is 51.9 Å². The molecular weight excluding hydrogens is 236 g/mol. The Morgan fingerprint density at radius 2 is 1.79 bits per heavy atom. The molecule has 3 fully saturated rings. The fourth-order valence-corrected chi connectivity index (χ4v) is 4.46. The second kappa shape index (κ2) is 5.43. The number of nitrogens with two attached hydrogens (primary N) is 1. The zero-order valence-electron chi connectivity index (χ0n) is 12.2. The summed E-state index contributed by atoms with van der Waals surface area (Å²) in [6.45, 7) is 4.24. The molecule has 0 aromatic heterocycles. The number of hydrogen-bond acceptors (Lipinski definition) is 2. The van der Waals surface area contributed by atoms with Gasteiger partial charge < -0.3 is 10.6 Å². The van der Waals surface area contributed by atoms with E-state index in [2.05, 4.69) is 11.8 Å². The SMILES string of the molecule is CC1CCC(C(=O)N2CC3CCCC(N)C3C2)CC1. The predicted octanol–water partition coefficient (Wildman–Crippen LogP) is 2.40. The van der Waals surface area contributed by atoms with Crippen LogP contribution in [-0.2, 0) is 4.79 Å². The number of carbonyl (C=O) groups excluding carboxylic acids is 1. The van der Waals surface area contributed by atoms with Crippen LogP contribution in [0, 0.1) is 23.7 Å². The zero-order valence-corrected chi connectivity index (χ0v) is 12.2. The van der Waals surface area contributed by atoms with Gasteiger partial charge in [0, 0.05) is 25.0 Å². The number of nitrogens with zero attached hydrogens (tertiary/aromatic N) is 1. The maximum Gasteiger partial charge on any atom is 0.225 e. The van der Waals surface area contributed by atoms with Gasteiger partial charge >= 0.3 is 0 Å². The predicted molar refractivity (Wildman–Crippen MR) is 76.5 cm³/mol. The van der Waals surface area contributed by atoms with Crippen LogP contribution in [0.2, 0.25) is 0 Å². The fourth-order valence-electron chi connectivity index (χ4n) is 4.46. The van der Waals surface area contributed by atoms with Gasteiger partial charge in [-0.1, -0.05) is 13.3 Å². The van der Waals surface area contributed by atoms with E-state index in [9.17, 15) is 4.79 Å². The van der Waals surface area contributed by atoms with Crippen molar-refractivity contribution in [2.75, 3.05) is 13.1 Å². The van der Waals surface area contributed by atoms with Gasteiger partial charge in [0.1, 0.15) is 0 Å². The highest BCUT2D eigenvalue weighted by molar-refractivity contribution is 5.79. The van der Waals surface area contributed by atoms with Crippen LogP contribution in [-0.4, -0.2) is 29.9 Å². The monoisotopic (exact) mass is 264 g/mol. The molecule has 3 rings (SSSR count). The summed E-state index contributed by atoms with van der Waals surface area (Å²) in [5.41, 5.74) is 6.24. The van der Waals surface area contributed by atoms with Crippen molar-refractivity contribution in [2.24, 2.45) is 29.4 Å². The fraction of sp³-hybridized carbons (Fsp3) is 0.938. The van der Waals surface area contributed by atoms with Crippen LogP contribution in [0.4, 0.5) is 0 Å². The van der Waals surface area contributed by atoms with Crippen LogP contribution in [0.25, 0.3) is 0 Å². The summed E-state index contributed by atoms with van der Waals surface area (Å²) in [5, 5.41) is 0. The number of rotatable bonds is 1. The van der Waals surface area contributed by atoms with Crippen molar-refractivity contribution in [3.63, 3.8) is 0 Å². The van der Waals surface area contributed by atoms with E-state index in [1.165, 1.54) is 25.7 Å². The highest BCUT2D eigenvalue weighted by Crippen LogP contribution is 2.37. The van der Waals surface area contributed by atoms with Gasteiger partial charge in [-0.25, -0.2) is 0 Å². The quantitative estimate of drug-likeness (QED) is 0.790. The summed E-state index contributed by atoms with van der Waals surface area (Å²) in [5.74, 6) is 2.84. The summed E-state index contributed by atoms with van der Waals surface area (Å²) in [7, 11) is 0. The molecule has 1 saturated heterocycles. The van der Waals surface area contributed by atoms with E-state index in [4.69, 9.17) is 5.73 Å². The lowest BCUT2D eigenvalue weighted by atomic mass is 9.78. The Hall–Kier alpha value is -0.570. The lowest BCUT2D eigenvalue weighted by Crippen LogP contribution is -2.39. The third-order valence-corrected chi connectivity index (χ3v) is 5.83. The maximum atomic E-state index is 12.6. The van der Waals surface area contributed by atoms with Crippen LogP contribution >= 0.6 is 0 Å². The highest BCUT2D eigenvalue weighted by atomic mass is 16.2. The number of hydrogen-bond donors (Lipinski definition) is 1. The molecule has 0 bridgehead atoms. The molecule has 108 valence electrons. The Kier molecular flexibility index (Phi) is 3.84. The molecule has 3 heteroatoms. The first-order valence-corrected chi connectivity index (χ1v) is 8.19. The lowest BCUT2D eigenvalue weighted by Gasteiger charge is -2.30. The number of carbonyl (C=O) groups is 1. The molecular formula is C16H28N2O. The van der Waals surface area contributed by atoms with E-state index in [1.54, 1.807) is 0 Å². The zero-order chi connectivity index (χ0) is 13.4. The van der Waals surface area contributed by atoms with Crippen LogP contribution in [0.15, 0.2) is 0 Å². The molecule has 0 spiro atoms. The van der Waals surface area contributed by atoms with E-state index in [0.29, 0.717) is 29.7 Å². The minimum absolute atomic E-state index is 0.313. The van der Waals surface area contributed by atoms with Crippen molar-refractivity contribution >= 4 is 5.91 Å². The maximum absolute atomic E-state index is 12.6. The Balaban J connectivity index is 1.59. The molecule has 19 heavy (non-hydrogen) atoms. The Morgan fingerprint density at radius 3 is 2.47 bits per heavy atom. The summed E-state index contributed by atoms with van der Waals surface area (Å²) in [6, 6.07) is 0.336. The van der Waals surface area contributed by atoms with E-state index in [-0.39, 0.29) is 0 Å². The Bertz CT molecular complexity index is 336. The first-order chi connectivity index (χ1) is 9.15. The summed E-state index contributed by atoms with van der Waals surface area (Å²) < 4.78 is 0. The smallest absolute Gasteiger partial charge is 0.225 e. The van der Waals surface area contributed by atoms with Gasteiger partial charge in [0.2, 0.25) is 5.91 Å². The lowest BCUT2D eigenvalue weighted by molar-refractivity contribution is -0.136. The molecule has 3 atom stereocenters. The molecule has 1 aliphatic heterocycles. The van der Waals surface area contributed by atoms with Crippen LogP contribution < -0.4 is 5.73 Å². The average Bonchev–Trinajstić information content (AvgIpc) is 2.84. The minimum Gasteiger partial charge on any atom is -0.342 e. The van der Waals surface area contributed by atoms with Crippen molar-refractivity contribution in [1.82, 2.24) is 4.90 Å². The van der Waals surface area contributed by atoms with Crippen molar-refractivity contribution in [1.29, 1.82) is 0 Å². The third kappa shape index (κ3) is 2.67. The van der Waals surface area contributed by atoms with Gasteiger partial charge in [-0.2, -0.15) is 0 Å². The van der Waals surface area contributed by atoms with E-state index >= 15 is 0 Å². The summed E-state index contributed by atoms with van der Waals surface area (Å²) in [4.78, 5) is 14.8. The Labute approximate surface area is 116 Å². The number of amides is 1. The van der Waals surface area contributed by atoms with Gasteiger partial charge in [-0.15, -0.1) is 0 Å². The molecule has 2 N–H and O–H groups in total. The van der Waals surface area contributed by atoms with Crippen molar-refractivity contribution in [3.8, 4) is 0 Å². The van der Waals surface area contributed by atoms with Crippen LogP contribution in [0.3, 0.4) is 0 Å². The van der Waals surface area contributed by atoms with E-state index in [1.807, 2.05) is 0 Å². The molecule has 1 heterocycles. The van der Waals surface area contributed by atoms with Gasteiger partial charge in [0.05, 0.1) is 0 Å². The second-order valence-electron chi connectivity index (χ2n) is 7.22. The average molecular weight is 264 g/mol. The molecule has 0 radical (unpaired) electrons. The largest absolute Gasteiger partial charge is 0.342 e. The normalized spacial score (nSPS) is 43.1.